The van der Waals surface area contributed by atoms with E-state index in [9.17, 15) is 9.59 Å². The van der Waals surface area contributed by atoms with E-state index in [0.29, 0.717) is 28.8 Å². The molecule has 1 aliphatic rings. The normalized spacial score (nSPS) is 18.2. The molecule has 0 aliphatic carbocycles. The van der Waals surface area contributed by atoms with Gasteiger partial charge in [0.2, 0.25) is 0 Å². The summed E-state index contributed by atoms with van der Waals surface area (Å²) < 4.78 is 4.74. The third-order valence-corrected chi connectivity index (χ3v) is 3.98. The van der Waals surface area contributed by atoms with Crippen molar-refractivity contribution in [1.29, 1.82) is 0 Å². The van der Waals surface area contributed by atoms with Gasteiger partial charge in [-0.1, -0.05) is 23.2 Å². The predicted molar refractivity (Wildman–Crippen MR) is 81.8 cm³/mol. The molecule has 1 atom stereocenters. The topological polar surface area (TPSA) is 58.6 Å². The first-order valence-corrected chi connectivity index (χ1v) is 7.35. The zero-order valence-electron chi connectivity index (χ0n) is 11.6. The highest BCUT2D eigenvalue weighted by Gasteiger charge is 2.29. The van der Waals surface area contributed by atoms with Crippen LogP contribution in [0.15, 0.2) is 18.2 Å². The monoisotopic (exact) mass is 330 g/mol. The van der Waals surface area contributed by atoms with E-state index in [4.69, 9.17) is 27.9 Å². The number of likely N-dealkylation sites (tertiary alicyclic amines) is 1. The van der Waals surface area contributed by atoms with E-state index in [1.165, 1.54) is 7.11 Å². The first-order valence-electron chi connectivity index (χ1n) is 6.60. The number of anilines is 1. The minimum atomic E-state index is -0.298. The lowest BCUT2D eigenvalue weighted by Crippen LogP contribution is -2.44. The van der Waals surface area contributed by atoms with Crippen LogP contribution in [0.25, 0.3) is 0 Å². The van der Waals surface area contributed by atoms with Crippen LogP contribution in [-0.4, -0.2) is 37.1 Å². The summed E-state index contributed by atoms with van der Waals surface area (Å²) in [5.41, 5.74) is 0.453. The smallest absolute Gasteiger partial charge is 0.321 e. The Morgan fingerprint density at radius 1 is 1.38 bits per heavy atom. The second-order valence-electron chi connectivity index (χ2n) is 4.86. The number of esters is 1. The Hall–Kier alpha value is -1.46. The number of carbonyl (C=O) groups is 2. The fourth-order valence-corrected chi connectivity index (χ4v) is 2.65. The maximum Gasteiger partial charge on any atom is 0.321 e. The van der Waals surface area contributed by atoms with Crippen LogP contribution in [0.1, 0.15) is 12.8 Å². The van der Waals surface area contributed by atoms with Crippen LogP contribution >= 0.6 is 23.2 Å². The van der Waals surface area contributed by atoms with Crippen molar-refractivity contribution in [2.24, 2.45) is 5.92 Å². The van der Waals surface area contributed by atoms with Crippen LogP contribution in [0.5, 0.6) is 0 Å². The van der Waals surface area contributed by atoms with Crippen molar-refractivity contribution in [3.05, 3.63) is 28.2 Å². The maximum absolute atomic E-state index is 12.2. The molecular weight excluding hydrogens is 315 g/mol. The summed E-state index contributed by atoms with van der Waals surface area (Å²) in [6, 6.07) is 4.55. The molecule has 1 N–H and O–H groups in total. The lowest BCUT2D eigenvalue weighted by Gasteiger charge is -2.31. The molecule has 0 unspecified atom stereocenters. The highest BCUT2D eigenvalue weighted by Crippen LogP contribution is 2.26. The molecule has 2 rings (SSSR count). The number of nitrogens with one attached hydrogen (secondary N) is 1. The molecule has 1 aliphatic heterocycles. The molecule has 0 bridgehead atoms. The Labute approximate surface area is 133 Å². The Morgan fingerprint density at radius 2 is 2.14 bits per heavy atom. The van der Waals surface area contributed by atoms with Crippen LogP contribution in [0, 0.1) is 5.92 Å². The Morgan fingerprint density at radius 3 is 2.86 bits per heavy atom. The van der Waals surface area contributed by atoms with Gasteiger partial charge in [0.1, 0.15) is 0 Å². The van der Waals surface area contributed by atoms with Crippen molar-refractivity contribution < 1.29 is 14.3 Å². The predicted octanol–water partition coefficient (Wildman–Crippen LogP) is 3.41. The number of nitrogens with zero attached hydrogens (tertiary/aromatic N) is 1. The molecule has 1 aromatic rings. The minimum absolute atomic E-state index is 0.274. The third kappa shape index (κ3) is 4.02. The van der Waals surface area contributed by atoms with E-state index in [1.807, 2.05) is 0 Å². The maximum atomic E-state index is 12.2. The summed E-state index contributed by atoms with van der Waals surface area (Å²) in [7, 11) is 1.35. The van der Waals surface area contributed by atoms with Crippen LogP contribution in [0.4, 0.5) is 10.5 Å². The van der Waals surface area contributed by atoms with Gasteiger partial charge in [-0.15, -0.1) is 0 Å². The number of hydrogen-bond acceptors (Lipinski definition) is 3. The molecule has 1 fully saturated rings. The molecule has 0 spiro atoms. The summed E-state index contributed by atoms with van der Waals surface area (Å²) >= 11 is 11.9. The van der Waals surface area contributed by atoms with E-state index >= 15 is 0 Å². The number of amides is 2. The molecule has 1 heterocycles. The molecule has 0 radical (unpaired) electrons. The number of methoxy groups -OCH3 is 1. The van der Waals surface area contributed by atoms with Crippen molar-refractivity contribution in [2.75, 3.05) is 25.5 Å². The molecule has 5 nitrogen and oxygen atoms in total. The molecule has 1 aromatic carbocycles. The lowest BCUT2D eigenvalue weighted by atomic mass is 9.98. The van der Waals surface area contributed by atoms with Gasteiger partial charge in [-0.2, -0.15) is 0 Å². The van der Waals surface area contributed by atoms with E-state index in [0.717, 1.165) is 12.8 Å². The van der Waals surface area contributed by atoms with Crippen molar-refractivity contribution >= 4 is 40.9 Å². The number of urea groups is 1. The van der Waals surface area contributed by atoms with Gasteiger partial charge in [-0.05, 0) is 31.0 Å². The van der Waals surface area contributed by atoms with Crippen molar-refractivity contribution in [1.82, 2.24) is 4.90 Å². The van der Waals surface area contributed by atoms with Gasteiger partial charge < -0.3 is 15.0 Å². The standard InChI is InChI=1S/C14H16Cl2N2O3/c1-21-13(19)9-3-2-6-18(8-9)14(20)17-12-7-10(15)4-5-11(12)16/h4-5,7,9H,2-3,6,8H2,1H3,(H,17,20)/t9-/m0/s1. The van der Waals surface area contributed by atoms with Crippen molar-refractivity contribution in [2.45, 2.75) is 12.8 Å². The average Bonchev–Trinajstić information content (AvgIpc) is 2.50. The minimum Gasteiger partial charge on any atom is -0.469 e. The van der Waals surface area contributed by atoms with Crippen LogP contribution < -0.4 is 5.32 Å². The SMILES string of the molecule is COC(=O)[C@H]1CCCN(C(=O)Nc2cc(Cl)ccc2Cl)C1. The van der Waals surface area contributed by atoms with Gasteiger partial charge in [-0.3, -0.25) is 4.79 Å². The summed E-state index contributed by atoms with van der Waals surface area (Å²) in [6.45, 7) is 0.939. The Kier molecular flexibility index (Phi) is 5.31. The Balaban J connectivity index is 2.02. The lowest BCUT2D eigenvalue weighted by molar-refractivity contribution is -0.146. The first kappa shape index (κ1) is 15.9. The molecule has 2 amide bonds. The van der Waals surface area contributed by atoms with Crippen LogP contribution in [0.3, 0.4) is 0 Å². The molecule has 1 saturated heterocycles. The van der Waals surface area contributed by atoms with E-state index in [2.05, 4.69) is 5.32 Å². The van der Waals surface area contributed by atoms with Gasteiger partial charge in [0.15, 0.2) is 0 Å². The molecule has 7 heteroatoms. The Bertz CT molecular complexity index is 551. The van der Waals surface area contributed by atoms with E-state index < -0.39 is 0 Å². The molecule has 0 aromatic heterocycles. The van der Waals surface area contributed by atoms with Gasteiger partial charge in [-0.25, -0.2) is 4.79 Å². The van der Waals surface area contributed by atoms with Gasteiger partial charge >= 0.3 is 12.0 Å². The molecule has 114 valence electrons. The number of halogens is 2. The average molecular weight is 331 g/mol. The molecule has 0 saturated carbocycles. The highest BCUT2D eigenvalue weighted by atomic mass is 35.5. The quantitative estimate of drug-likeness (QED) is 0.845. The van der Waals surface area contributed by atoms with Crippen molar-refractivity contribution in [3.8, 4) is 0 Å². The van der Waals surface area contributed by atoms with E-state index in [1.54, 1.807) is 23.1 Å². The number of piperidine rings is 1. The zero-order valence-corrected chi connectivity index (χ0v) is 13.1. The number of carbonyl (C=O) groups excluding carboxylic acids is 2. The largest absolute Gasteiger partial charge is 0.469 e. The molecule has 21 heavy (non-hydrogen) atoms. The van der Waals surface area contributed by atoms with Crippen molar-refractivity contribution in [3.63, 3.8) is 0 Å². The third-order valence-electron chi connectivity index (χ3n) is 3.41. The van der Waals surface area contributed by atoms with E-state index in [-0.39, 0.29) is 17.9 Å². The van der Waals surface area contributed by atoms with Gasteiger partial charge in [0.05, 0.1) is 23.7 Å². The number of hydrogen-bond donors (Lipinski definition) is 1. The van der Waals surface area contributed by atoms with Gasteiger partial charge in [0, 0.05) is 18.1 Å². The summed E-state index contributed by atoms with van der Waals surface area (Å²) in [4.78, 5) is 25.4. The number of benzene rings is 1. The number of ether oxygens (including phenoxy) is 1. The fourth-order valence-electron chi connectivity index (χ4n) is 2.31. The summed E-state index contributed by atoms with van der Waals surface area (Å²) in [5, 5.41) is 3.61. The van der Waals surface area contributed by atoms with Gasteiger partial charge in [0.25, 0.3) is 0 Å². The second-order valence-corrected chi connectivity index (χ2v) is 5.71. The molecular formula is C14H16Cl2N2O3. The van der Waals surface area contributed by atoms with Crippen LogP contribution in [-0.2, 0) is 9.53 Å². The highest BCUT2D eigenvalue weighted by molar-refractivity contribution is 6.35. The van der Waals surface area contributed by atoms with Crippen LogP contribution in [0.2, 0.25) is 10.0 Å². The zero-order chi connectivity index (χ0) is 15.4. The first-order chi connectivity index (χ1) is 10.0. The second kappa shape index (κ2) is 7.00. The fraction of sp³-hybridized carbons (Fsp3) is 0.429. The summed E-state index contributed by atoms with van der Waals surface area (Å²) in [5.74, 6) is -0.558. The number of rotatable bonds is 2. The summed E-state index contributed by atoms with van der Waals surface area (Å²) in [6.07, 6.45) is 1.49.